The van der Waals surface area contributed by atoms with Crippen LogP contribution >= 0.6 is 11.3 Å². The predicted octanol–water partition coefficient (Wildman–Crippen LogP) is 2.59. The average Bonchev–Trinajstić information content (AvgIpc) is 3.13. The lowest BCUT2D eigenvalue weighted by atomic mass is 10.0. The van der Waals surface area contributed by atoms with E-state index >= 15 is 0 Å². The number of amides is 1. The van der Waals surface area contributed by atoms with Gasteiger partial charge in [-0.2, -0.15) is 0 Å². The van der Waals surface area contributed by atoms with Gasteiger partial charge >= 0.3 is 5.97 Å². The number of esters is 1. The highest BCUT2D eigenvalue weighted by molar-refractivity contribution is 7.14. The van der Waals surface area contributed by atoms with Crippen molar-refractivity contribution >= 4 is 28.3 Å². The highest BCUT2D eigenvalue weighted by Gasteiger charge is 2.33. The summed E-state index contributed by atoms with van der Waals surface area (Å²) in [6.07, 6.45) is 0.593. The Kier molecular flexibility index (Phi) is 4.57. The van der Waals surface area contributed by atoms with E-state index in [1.54, 1.807) is 0 Å². The number of carbonyl (C=O) groups excluding carboxylic acids is 2. The summed E-state index contributed by atoms with van der Waals surface area (Å²) in [5.41, 5.74) is 7.23. The van der Waals surface area contributed by atoms with E-state index in [4.69, 9.17) is 4.74 Å². The Morgan fingerprint density at radius 3 is 2.87 bits per heavy atom. The number of aromatic nitrogens is 1. The van der Waals surface area contributed by atoms with Crippen LogP contribution in [0.15, 0.2) is 35.7 Å². The van der Waals surface area contributed by atoms with E-state index in [-0.39, 0.29) is 30.3 Å². The molecule has 23 heavy (non-hydrogen) atoms. The Labute approximate surface area is 137 Å². The quantitative estimate of drug-likeness (QED) is 0.650. The maximum absolute atomic E-state index is 11.9. The Bertz CT molecular complexity index is 702. The predicted molar refractivity (Wildman–Crippen MR) is 87.6 cm³/mol. The first-order valence-corrected chi connectivity index (χ1v) is 8.26. The Morgan fingerprint density at radius 1 is 1.39 bits per heavy atom. The molecule has 1 saturated heterocycles. The number of benzene rings is 1. The summed E-state index contributed by atoms with van der Waals surface area (Å²) in [6, 6.07) is 9.80. The molecule has 2 atom stereocenters. The maximum Gasteiger partial charge on any atom is 0.309 e. The van der Waals surface area contributed by atoms with Gasteiger partial charge in [0.1, 0.15) is 0 Å². The van der Waals surface area contributed by atoms with Crippen LogP contribution in [-0.2, 0) is 14.3 Å². The highest BCUT2D eigenvalue weighted by Crippen LogP contribution is 2.25. The first-order chi connectivity index (χ1) is 11.1. The summed E-state index contributed by atoms with van der Waals surface area (Å²) in [5, 5.41) is 2.51. The number of anilines is 1. The minimum Gasteiger partial charge on any atom is -0.462 e. The molecule has 0 aliphatic carbocycles. The third-order valence-electron chi connectivity index (χ3n) is 3.58. The number of rotatable bonds is 5. The topological polar surface area (TPSA) is 80.3 Å². The van der Waals surface area contributed by atoms with E-state index < -0.39 is 0 Å². The smallest absolute Gasteiger partial charge is 0.309 e. The van der Waals surface area contributed by atoms with E-state index in [0.717, 1.165) is 11.3 Å². The van der Waals surface area contributed by atoms with Crippen LogP contribution in [0, 0.1) is 5.92 Å². The molecule has 1 aromatic carbocycles. The fourth-order valence-corrected chi connectivity index (χ4v) is 3.15. The van der Waals surface area contributed by atoms with Crippen LogP contribution in [0.4, 0.5) is 5.13 Å². The number of nitrogens with zero attached hydrogens (tertiary/aromatic N) is 1. The number of thiazole rings is 1. The number of ether oxygens (including phenoxy) is 1. The molecule has 0 radical (unpaired) electrons. The molecule has 120 valence electrons. The van der Waals surface area contributed by atoms with Gasteiger partial charge in [-0.1, -0.05) is 30.3 Å². The van der Waals surface area contributed by atoms with Gasteiger partial charge in [0.25, 0.3) is 0 Å². The van der Waals surface area contributed by atoms with Gasteiger partial charge in [0.15, 0.2) is 0 Å². The zero-order valence-electron chi connectivity index (χ0n) is 12.6. The van der Waals surface area contributed by atoms with Gasteiger partial charge in [0.2, 0.25) is 11.0 Å². The number of hydrogen-bond donors (Lipinski definition) is 2. The normalized spacial score (nSPS) is 20.1. The summed E-state index contributed by atoms with van der Waals surface area (Å²) in [4.78, 5) is 27.8. The molecule has 3 rings (SSSR count). The molecule has 2 aromatic rings. The standard InChI is InChI=1S/C16H17N3O3S/c1-10-7-12(15(21)22-10)8-14(20)18-19-16-17-13(9-23-16)11-5-3-2-4-6-11/h2-6,9-10,12H,7-8H2,1H3,(H,17,19)(H,18,20)/t10-,12+/m1/s1. The van der Waals surface area contributed by atoms with E-state index in [0.29, 0.717) is 11.6 Å². The third kappa shape index (κ3) is 3.87. The van der Waals surface area contributed by atoms with Crippen LogP contribution in [0.25, 0.3) is 11.3 Å². The van der Waals surface area contributed by atoms with E-state index in [2.05, 4.69) is 15.8 Å². The second-order valence-electron chi connectivity index (χ2n) is 5.46. The summed E-state index contributed by atoms with van der Waals surface area (Å²) in [5.74, 6) is -0.909. The van der Waals surface area contributed by atoms with Crippen molar-refractivity contribution in [1.29, 1.82) is 0 Å². The lowest BCUT2D eigenvalue weighted by molar-refractivity contribution is -0.145. The Hall–Kier alpha value is -2.41. The molecule has 6 nitrogen and oxygen atoms in total. The highest BCUT2D eigenvalue weighted by atomic mass is 32.1. The van der Waals surface area contributed by atoms with E-state index in [9.17, 15) is 9.59 Å². The van der Waals surface area contributed by atoms with E-state index in [1.165, 1.54) is 11.3 Å². The van der Waals surface area contributed by atoms with Crippen LogP contribution < -0.4 is 10.9 Å². The fraction of sp³-hybridized carbons (Fsp3) is 0.312. The monoisotopic (exact) mass is 331 g/mol. The third-order valence-corrected chi connectivity index (χ3v) is 4.34. The molecule has 2 N–H and O–H groups in total. The molecule has 0 spiro atoms. The van der Waals surface area contributed by atoms with Crippen molar-refractivity contribution in [1.82, 2.24) is 10.4 Å². The molecular weight excluding hydrogens is 314 g/mol. The van der Waals surface area contributed by atoms with Crippen molar-refractivity contribution in [3.8, 4) is 11.3 Å². The molecule has 2 heterocycles. The van der Waals surface area contributed by atoms with Crippen LogP contribution in [0.5, 0.6) is 0 Å². The zero-order valence-corrected chi connectivity index (χ0v) is 13.4. The lowest BCUT2D eigenvalue weighted by Gasteiger charge is -2.07. The first-order valence-electron chi connectivity index (χ1n) is 7.38. The molecule has 1 aliphatic heterocycles. The Balaban J connectivity index is 1.52. The summed E-state index contributed by atoms with van der Waals surface area (Å²) >= 11 is 1.40. The summed E-state index contributed by atoms with van der Waals surface area (Å²) in [7, 11) is 0. The maximum atomic E-state index is 11.9. The van der Waals surface area contributed by atoms with Crippen LogP contribution in [0.2, 0.25) is 0 Å². The van der Waals surface area contributed by atoms with Crippen LogP contribution in [0.1, 0.15) is 19.8 Å². The van der Waals surface area contributed by atoms with Crippen molar-refractivity contribution in [2.75, 3.05) is 5.43 Å². The van der Waals surface area contributed by atoms with Crippen molar-refractivity contribution in [2.45, 2.75) is 25.9 Å². The fourth-order valence-electron chi connectivity index (χ4n) is 2.48. The molecule has 0 bridgehead atoms. The van der Waals surface area contributed by atoms with Crippen molar-refractivity contribution in [3.05, 3.63) is 35.7 Å². The number of carbonyl (C=O) groups is 2. The van der Waals surface area contributed by atoms with Crippen molar-refractivity contribution in [3.63, 3.8) is 0 Å². The second-order valence-corrected chi connectivity index (χ2v) is 6.32. The van der Waals surface area contributed by atoms with Gasteiger partial charge in [0, 0.05) is 17.4 Å². The molecule has 1 amide bonds. The van der Waals surface area contributed by atoms with E-state index in [1.807, 2.05) is 42.6 Å². The zero-order chi connectivity index (χ0) is 16.2. The molecular formula is C16H17N3O3S. The van der Waals surface area contributed by atoms with Crippen molar-refractivity contribution in [2.24, 2.45) is 5.92 Å². The summed E-state index contributed by atoms with van der Waals surface area (Å²) in [6.45, 7) is 1.83. The van der Waals surface area contributed by atoms with Gasteiger partial charge in [-0.15, -0.1) is 11.3 Å². The van der Waals surface area contributed by atoms with Crippen LogP contribution in [-0.4, -0.2) is 23.0 Å². The number of hydrazine groups is 1. The molecule has 1 fully saturated rings. The minimum atomic E-state index is -0.358. The van der Waals surface area contributed by atoms with Gasteiger partial charge in [-0.3, -0.25) is 20.4 Å². The molecule has 1 aromatic heterocycles. The molecule has 1 aliphatic rings. The van der Waals surface area contributed by atoms with Gasteiger partial charge in [-0.05, 0) is 13.3 Å². The summed E-state index contributed by atoms with van der Waals surface area (Å²) < 4.78 is 5.04. The van der Waals surface area contributed by atoms with Gasteiger partial charge in [0.05, 0.1) is 17.7 Å². The number of cyclic esters (lactones) is 1. The Morgan fingerprint density at radius 2 is 2.17 bits per heavy atom. The first kappa shape index (κ1) is 15.5. The van der Waals surface area contributed by atoms with Crippen molar-refractivity contribution < 1.29 is 14.3 Å². The SMILES string of the molecule is C[C@@H]1C[C@@H](CC(=O)NNc2nc(-c3ccccc3)cs2)C(=O)O1. The van der Waals surface area contributed by atoms with Gasteiger partial charge in [-0.25, -0.2) is 4.98 Å². The number of hydrogen-bond acceptors (Lipinski definition) is 6. The molecule has 0 unspecified atom stereocenters. The molecule has 0 saturated carbocycles. The second kappa shape index (κ2) is 6.78. The lowest BCUT2D eigenvalue weighted by Crippen LogP contribution is -2.31. The van der Waals surface area contributed by atoms with Gasteiger partial charge < -0.3 is 4.74 Å². The van der Waals surface area contributed by atoms with Crippen LogP contribution in [0.3, 0.4) is 0 Å². The average molecular weight is 331 g/mol. The molecule has 7 heteroatoms. The number of nitrogens with one attached hydrogen (secondary N) is 2. The minimum absolute atomic E-state index is 0.111. The largest absolute Gasteiger partial charge is 0.462 e.